The second-order valence-electron chi connectivity index (χ2n) is 9.80. The van der Waals surface area contributed by atoms with Gasteiger partial charge < -0.3 is 10.2 Å². The zero-order chi connectivity index (χ0) is 27.2. The highest BCUT2D eigenvalue weighted by Crippen LogP contribution is 2.36. The summed E-state index contributed by atoms with van der Waals surface area (Å²) >= 11 is 6.22. The maximum atomic E-state index is 13.6. The first-order valence-corrected chi connectivity index (χ1v) is 13.0. The third-order valence-electron chi connectivity index (χ3n) is 7.21. The number of nitrogens with zero attached hydrogens (tertiary/aromatic N) is 1. The number of carbonyl (C=O) groups excluding carboxylic acids is 2. The lowest BCUT2D eigenvalue weighted by molar-refractivity contribution is -0.140. The van der Waals surface area contributed by atoms with Crippen LogP contribution < -0.4 is 5.32 Å². The van der Waals surface area contributed by atoms with E-state index in [0.29, 0.717) is 55.8 Å². The third kappa shape index (κ3) is 6.95. The van der Waals surface area contributed by atoms with E-state index >= 15 is 0 Å². The van der Waals surface area contributed by atoms with Gasteiger partial charge in [0.05, 0.1) is 11.0 Å². The van der Waals surface area contributed by atoms with Crippen molar-refractivity contribution in [1.29, 1.82) is 0 Å². The van der Waals surface area contributed by atoms with E-state index in [9.17, 15) is 22.8 Å². The molecule has 1 fully saturated rings. The topological polar surface area (TPSA) is 49.4 Å². The second kappa shape index (κ2) is 12.0. The zero-order valence-electron chi connectivity index (χ0n) is 20.9. The van der Waals surface area contributed by atoms with Crippen LogP contribution in [0.5, 0.6) is 0 Å². The molecule has 1 N–H and O–H groups in total. The van der Waals surface area contributed by atoms with Crippen molar-refractivity contribution in [2.75, 3.05) is 13.1 Å². The molecule has 4 nitrogen and oxygen atoms in total. The van der Waals surface area contributed by atoms with Crippen LogP contribution in [0.3, 0.4) is 0 Å². The predicted molar refractivity (Wildman–Crippen MR) is 141 cm³/mol. The van der Waals surface area contributed by atoms with Gasteiger partial charge in [0.25, 0.3) is 0 Å². The summed E-state index contributed by atoms with van der Waals surface area (Å²) in [6.07, 6.45) is -2.15. The third-order valence-corrected chi connectivity index (χ3v) is 7.58. The lowest BCUT2D eigenvalue weighted by atomic mass is 9.72. The summed E-state index contributed by atoms with van der Waals surface area (Å²) in [5, 5.41) is 3.52. The van der Waals surface area contributed by atoms with Gasteiger partial charge in [0.15, 0.2) is 0 Å². The van der Waals surface area contributed by atoms with E-state index in [-0.39, 0.29) is 18.4 Å². The van der Waals surface area contributed by atoms with Crippen molar-refractivity contribution in [3.05, 3.63) is 106 Å². The number of carbonyl (C=O) groups is 2. The van der Waals surface area contributed by atoms with E-state index in [4.69, 9.17) is 11.6 Å². The number of hydrogen-bond donors (Lipinski definition) is 1. The Labute approximate surface area is 225 Å². The molecule has 1 aliphatic rings. The molecular formula is C30H30ClF3N2O2. The van der Waals surface area contributed by atoms with Gasteiger partial charge in [-0.15, -0.1) is 0 Å². The number of likely N-dealkylation sites (tertiary alicyclic amines) is 1. The molecule has 0 bridgehead atoms. The van der Waals surface area contributed by atoms with Crippen molar-refractivity contribution >= 4 is 23.4 Å². The van der Waals surface area contributed by atoms with Gasteiger partial charge >= 0.3 is 6.18 Å². The van der Waals surface area contributed by atoms with Crippen molar-refractivity contribution in [1.82, 2.24) is 10.2 Å². The van der Waals surface area contributed by atoms with Crippen LogP contribution in [-0.2, 0) is 35.2 Å². The van der Waals surface area contributed by atoms with Gasteiger partial charge in [0.1, 0.15) is 0 Å². The number of alkyl halides is 3. The maximum Gasteiger partial charge on any atom is 0.416 e. The molecule has 4 rings (SSSR count). The van der Waals surface area contributed by atoms with Crippen molar-refractivity contribution in [3.8, 4) is 0 Å². The Morgan fingerprint density at radius 2 is 1.55 bits per heavy atom. The molecule has 0 unspecified atom stereocenters. The fourth-order valence-corrected chi connectivity index (χ4v) is 5.21. The smallest absolute Gasteiger partial charge is 0.352 e. The molecule has 200 valence electrons. The van der Waals surface area contributed by atoms with Gasteiger partial charge in [-0.1, -0.05) is 72.3 Å². The highest BCUT2D eigenvalue weighted by atomic mass is 35.5. The molecule has 3 aromatic rings. The second-order valence-corrected chi connectivity index (χ2v) is 10.2. The summed E-state index contributed by atoms with van der Waals surface area (Å²) in [5.74, 6) is -0.190. The van der Waals surface area contributed by atoms with Crippen molar-refractivity contribution in [2.45, 2.75) is 44.8 Å². The quantitative estimate of drug-likeness (QED) is 0.355. The molecule has 0 aliphatic carbocycles. The molecular weight excluding hydrogens is 513 g/mol. The Morgan fingerprint density at radius 1 is 0.895 bits per heavy atom. The lowest BCUT2D eigenvalue weighted by Gasteiger charge is -2.41. The van der Waals surface area contributed by atoms with Gasteiger partial charge in [0, 0.05) is 31.1 Å². The van der Waals surface area contributed by atoms with E-state index in [0.717, 1.165) is 23.3 Å². The standard InChI is InChI=1S/C30H30ClF3N2O2/c31-26-12-5-4-10-24(26)13-14-27(37)36-17-15-29(16-18-36,20-22-7-2-1-3-8-22)28(38)35-21-23-9-6-11-25(19-23)30(32,33)34/h1-12,19H,13-18,20-21H2,(H,35,38). The Morgan fingerprint density at radius 3 is 2.24 bits per heavy atom. The minimum Gasteiger partial charge on any atom is -0.352 e. The molecule has 0 saturated carbocycles. The number of rotatable bonds is 8. The number of piperidine rings is 1. The predicted octanol–water partition coefficient (Wildman–Crippen LogP) is 6.46. The Hall–Kier alpha value is -3.32. The van der Waals surface area contributed by atoms with E-state index in [1.165, 1.54) is 6.07 Å². The number of amides is 2. The zero-order valence-corrected chi connectivity index (χ0v) is 21.7. The summed E-state index contributed by atoms with van der Waals surface area (Å²) in [4.78, 5) is 28.3. The van der Waals surface area contributed by atoms with Crippen LogP contribution in [0.2, 0.25) is 5.02 Å². The molecule has 1 aliphatic heterocycles. The fraction of sp³-hybridized carbons (Fsp3) is 0.333. The van der Waals surface area contributed by atoms with Gasteiger partial charge in [-0.05, 0) is 60.6 Å². The molecule has 8 heteroatoms. The van der Waals surface area contributed by atoms with Crippen LogP contribution in [-0.4, -0.2) is 29.8 Å². The molecule has 1 heterocycles. The summed E-state index contributed by atoms with van der Waals surface area (Å²) in [5.41, 5.74) is 0.803. The average molecular weight is 543 g/mol. The first-order valence-electron chi connectivity index (χ1n) is 12.7. The van der Waals surface area contributed by atoms with Crippen LogP contribution >= 0.6 is 11.6 Å². The first kappa shape index (κ1) is 27.7. The summed E-state index contributed by atoms with van der Waals surface area (Å²) < 4.78 is 39.3. The SMILES string of the molecule is O=C(CCc1ccccc1Cl)N1CCC(Cc2ccccc2)(C(=O)NCc2cccc(C(F)(F)F)c2)CC1. The summed E-state index contributed by atoms with van der Waals surface area (Å²) in [6.45, 7) is 0.871. The van der Waals surface area contributed by atoms with Crippen LogP contribution in [0.4, 0.5) is 13.2 Å². The molecule has 0 spiro atoms. The molecule has 0 atom stereocenters. The van der Waals surface area contributed by atoms with Crippen LogP contribution in [0.15, 0.2) is 78.9 Å². The molecule has 0 radical (unpaired) electrons. The van der Waals surface area contributed by atoms with Crippen LogP contribution in [0.1, 0.15) is 41.5 Å². The lowest BCUT2D eigenvalue weighted by Crippen LogP contribution is -2.51. The van der Waals surface area contributed by atoms with E-state index < -0.39 is 17.2 Å². The molecule has 2 amide bonds. The van der Waals surface area contributed by atoms with Crippen molar-refractivity contribution < 1.29 is 22.8 Å². The van der Waals surface area contributed by atoms with Crippen LogP contribution in [0, 0.1) is 5.41 Å². The molecule has 0 aromatic heterocycles. The van der Waals surface area contributed by atoms with Crippen molar-refractivity contribution in [3.63, 3.8) is 0 Å². The summed E-state index contributed by atoms with van der Waals surface area (Å²) in [6, 6.07) is 22.1. The number of hydrogen-bond acceptors (Lipinski definition) is 2. The first-order chi connectivity index (χ1) is 18.2. The van der Waals surface area contributed by atoms with Crippen molar-refractivity contribution in [2.24, 2.45) is 5.41 Å². The highest BCUT2D eigenvalue weighted by Gasteiger charge is 2.42. The van der Waals surface area contributed by atoms with Gasteiger partial charge in [-0.3, -0.25) is 9.59 Å². The van der Waals surface area contributed by atoms with Crippen LogP contribution in [0.25, 0.3) is 0 Å². The van der Waals surface area contributed by atoms with Gasteiger partial charge in [-0.2, -0.15) is 13.2 Å². The normalized spacial score (nSPS) is 15.2. The fourth-order valence-electron chi connectivity index (χ4n) is 4.98. The van der Waals surface area contributed by atoms with E-state index in [2.05, 4.69) is 5.32 Å². The highest BCUT2D eigenvalue weighted by molar-refractivity contribution is 6.31. The number of halogens is 4. The molecule has 1 saturated heterocycles. The number of benzene rings is 3. The minimum absolute atomic E-state index is 0.000225. The summed E-state index contributed by atoms with van der Waals surface area (Å²) in [7, 11) is 0. The Bertz CT molecular complexity index is 1260. The van der Waals surface area contributed by atoms with Gasteiger partial charge in [-0.25, -0.2) is 0 Å². The number of nitrogens with one attached hydrogen (secondary N) is 1. The Balaban J connectivity index is 1.42. The molecule has 38 heavy (non-hydrogen) atoms. The average Bonchev–Trinajstić information content (AvgIpc) is 2.91. The minimum atomic E-state index is -4.44. The van der Waals surface area contributed by atoms with Gasteiger partial charge in [0.2, 0.25) is 11.8 Å². The van der Waals surface area contributed by atoms with E-state index in [1.807, 2.05) is 48.5 Å². The maximum absolute atomic E-state index is 13.6. The monoisotopic (exact) mass is 542 g/mol. The Kier molecular flexibility index (Phi) is 8.77. The molecule has 3 aromatic carbocycles. The number of aryl methyl sites for hydroxylation is 1. The largest absolute Gasteiger partial charge is 0.416 e. The van der Waals surface area contributed by atoms with E-state index in [1.54, 1.807) is 17.0 Å².